The minimum atomic E-state index is -4.64. The van der Waals surface area contributed by atoms with Crippen molar-refractivity contribution in [3.63, 3.8) is 0 Å². The van der Waals surface area contributed by atoms with Gasteiger partial charge in [-0.3, -0.25) is 19.7 Å². The topological polar surface area (TPSA) is 88.2 Å². The number of halogens is 3. The van der Waals surface area contributed by atoms with Crippen molar-refractivity contribution in [1.82, 2.24) is 19.9 Å². The fraction of sp³-hybridized carbons (Fsp3) is 0.188. The minimum absolute atomic E-state index is 0.177. The van der Waals surface area contributed by atoms with E-state index in [0.29, 0.717) is 0 Å². The first-order valence-electron chi connectivity index (χ1n) is 13.5. The van der Waals surface area contributed by atoms with Crippen molar-refractivity contribution >= 4 is 22.8 Å². The summed E-state index contributed by atoms with van der Waals surface area (Å²) in [7, 11) is 0. The molecule has 3 heterocycles. The lowest BCUT2D eigenvalue weighted by molar-refractivity contribution is -0.137. The third kappa shape index (κ3) is 5.66. The van der Waals surface area contributed by atoms with Gasteiger partial charge in [0.2, 0.25) is 5.91 Å². The van der Waals surface area contributed by atoms with Crippen LogP contribution in [0.15, 0.2) is 91.4 Å². The van der Waals surface area contributed by atoms with Gasteiger partial charge in [-0.05, 0) is 52.6 Å². The average Bonchev–Trinajstić information content (AvgIpc) is 3.00. The first-order valence-corrected chi connectivity index (χ1v) is 13.5. The van der Waals surface area contributed by atoms with Gasteiger partial charge in [0.15, 0.2) is 0 Å². The van der Waals surface area contributed by atoms with Crippen LogP contribution in [0.25, 0.3) is 33.3 Å². The number of piperazine rings is 1. The van der Waals surface area contributed by atoms with Crippen molar-refractivity contribution in [3.05, 3.63) is 108 Å². The minimum Gasteiger partial charge on any atom is -0.366 e. The third-order valence-electron chi connectivity index (χ3n) is 7.50. The molecule has 6 rings (SSSR count). The van der Waals surface area contributed by atoms with E-state index in [9.17, 15) is 18.0 Å². The zero-order valence-corrected chi connectivity index (χ0v) is 22.6. The molecular formula is C32H27F3N6O. The molecule has 10 heteroatoms. The highest BCUT2D eigenvalue weighted by Crippen LogP contribution is 2.39. The van der Waals surface area contributed by atoms with Crippen LogP contribution in [0.1, 0.15) is 21.5 Å². The number of nitrogens with two attached hydrogens (primary N) is 1. The molecule has 3 aromatic carbocycles. The van der Waals surface area contributed by atoms with Gasteiger partial charge in [0.05, 0.1) is 22.8 Å². The molecule has 1 aliphatic heterocycles. The number of carbonyl (C=O) groups excluding carboxylic acids is 1. The molecule has 1 saturated heterocycles. The van der Waals surface area contributed by atoms with Gasteiger partial charge in [0.1, 0.15) is 5.82 Å². The summed E-state index contributed by atoms with van der Waals surface area (Å²) in [5.41, 5.74) is 8.67. The van der Waals surface area contributed by atoms with Gasteiger partial charge < -0.3 is 10.6 Å². The second-order valence-electron chi connectivity index (χ2n) is 10.2. The number of nitrogens with zero attached hydrogens (tertiary/aromatic N) is 5. The van der Waals surface area contributed by atoms with Gasteiger partial charge in [-0.25, -0.2) is 4.98 Å². The first-order chi connectivity index (χ1) is 20.3. The number of hydrogen-bond acceptors (Lipinski definition) is 6. The lowest BCUT2D eigenvalue weighted by Crippen LogP contribution is -2.46. The number of amides is 1. The molecule has 0 radical (unpaired) electrons. The van der Waals surface area contributed by atoms with Crippen LogP contribution in [-0.2, 0) is 12.7 Å². The zero-order valence-electron chi connectivity index (χ0n) is 22.6. The van der Waals surface area contributed by atoms with Gasteiger partial charge in [-0.1, -0.05) is 42.5 Å². The van der Waals surface area contributed by atoms with Crippen molar-refractivity contribution in [2.24, 2.45) is 5.73 Å². The summed E-state index contributed by atoms with van der Waals surface area (Å²) in [5.74, 6) is -0.113. The van der Waals surface area contributed by atoms with Crippen LogP contribution in [0.4, 0.5) is 19.0 Å². The lowest BCUT2D eigenvalue weighted by atomic mass is 9.92. The third-order valence-corrected chi connectivity index (χ3v) is 7.50. The highest BCUT2D eigenvalue weighted by atomic mass is 19.4. The van der Waals surface area contributed by atoms with E-state index >= 15 is 0 Å². The van der Waals surface area contributed by atoms with Gasteiger partial charge in [0, 0.05) is 56.2 Å². The van der Waals surface area contributed by atoms with E-state index in [1.807, 2.05) is 30.5 Å². The maximum Gasteiger partial charge on any atom is 0.417 e. The molecule has 1 aliphatic rings. The Balaban J connectivity index is 1.23. The largest absolute Gasteiger partial charge is 0.417 e. The molecule has 0 atom stereocenters. The predicted octanol–water partition coefficient (Wildman–Crippen LogP) is 5.80. The Morgan fingerprint density at radius 3 is 2.26 bits per heavy atom. The maximum atomic E-state index is 13.8. The Bertz CT molecular complexity index is 1730. The Morgan fingerprint density at radius 1 is 0.833 bits per heavy atom. The van der Waals surface area contributed by atoms with Crippen molar-refractivity contribution in [2.45, 2.75) is 12.7 Å². The average molecular weight is 569 g/mol. The molecule has 2 aromatic heterocycles. The summed E-state index contributed by atoms with van der Waals surface area (Å²) in [5, 5.41) is 0. The number of benzene rings is 3. The van der Waals surface area contributed by atoms with E-state index in [4.69, 9.17) is 10.7 Å². The second kappa shape index (κ2) is 11.2. The lowest BCUT2D eigenvalue weighted by Gasteiger charge is -2.35. The SMILES string of the molecule is NC(=O)c1cccc(C(F)(F)F)c1-c1ccc(-c2ccc3ncc(N4CCN(Cc5cccnc5)CC4)nc3c2)cc1. The molecule has 0 spiro atoms. The van der Waals surface area contributed by atoms with Crippen LogP contribution in [0, 0.1) is 0 Å². The number of rotatable bonds is 6. The quantitative estimate of drug-likeness (QED) is 0.279. The number of primary amides is 1. The molecule has 2 N–H and O–H groups in total. The van der Waals surface area contributed by atoms with Crippen LogP contribution in [0.3, 0.4) is 0 Å². The number of hydrogen-bond donors (Lipinski definition) is 1. The molecule has 0 bridgehead atoms. The molecular weight excluding hydrogens is 541 g/mol. The first kappa shape index (κ1) is 27.3. The Morgan fingerprint density at radius 2 is 1.57 bits per heavy atom. The summed E-state index contributed by atoms with van der Waals surface area (Å²) < 4.78 is 41.3. The Labute approximate surface area is 240 Å². The summed E-state index contributed by atoms with van der Waals surface area (Å²) in [6.07, 6.45) is 0.827. The van der Waals surface area contributed by atoms with Crippen LogP contribution in [0.5, 0.6) is 0 Å². The second-order valence-corrected chi connectivity index (χ2v) is 10.2. The van der Waals surface area contributed by atoms with Crippen LogP contribution in [0.2, 0.25) is 0 Å². The van der Waals surface area contributed by atoms with Crippen molar-refractivity contribution < 1.29 is 18.0 Å². The van der Waals surface area contributed by atoms with Crippen LogP contribution < -0.4 is 10.6 Å². The standard InChI is InChI=1S/C32H27F3N6O/c33-32(34,35)26-5-1-4-25(31(36)42)30(26)23-8-6-22(7-9-23)24-10-11-27-28(17-24)39-29(19-38-27)41-15-13-40(14-16-41)20-21-3-2-12-37-18-21/h1-12,17-19H,13-16,20H2,(H2,36,42). The summed E-state index contributed by atoms with van der Waals surface area (Å²) >= 11 is 0. The number of aromatic nitrogens is 3. The monoisotopic (exact) mass is 568 g/mol. The van der Waals surface area contributed by atoms with Gasteiger partial charge in [0.25, 0.3) is 0 Å². The van der Waals surface area contributed by atoms with Crippen LogP contribution in [-0.4, -0.2) is 51.9 Å². The summed E-state index contributed by atoms with van der Waals surface area (Å²) in [6.45, 7) is 4.31. The highest BCUT2D eigenvalue weighted by molar-refractivity contribution is 6.01. The van der Waals surface area contributed by atoms with E-state index in [1.165, 1.54) is 17.7 Å². The van der Waals surface area contributed by atoms with Gasteiger partial charge in [-0.2, -0.15) is 13.2 Å². The van der Waals surface area contributed by atoms with E-state index < -0.39 is 17.6 Å². The molecule has 1 fully saturated rings. The number of pyridine rings is 1. The van der Waals surface area contributed by atoms with E-state index in [2.05, 4.69) is 25.8 Å². The highest BCUT2D eigenvalue weighted by Gasteiger charge is 2.35. The smallest absolute Gasteiger partial charge is 0.366 e. The summed E-state index contributed by atoms with van der Waals surface area (Å²) in [4.78, 5) is 30.3. The van der Waals surface area contributed by atoms with Crippen molar-refractivity contribution in [1.29, 1.82) is 0 Å². The number of fused-ring (bicyclic) bond motifs is 1. The summed E-state index contributed by atoms with van der Waals surface area (Å²) in [6, 6.07) is 19.8. The number of alkyl halides is 3. The molecule has 0 unspecified atom stereocenters. The molecule has 1 amide bonds. The number of anilines is 1. The molecule has 212 valence electrons. The predicted molar refractivity (Wildman–Crippen MR) is 156 cm³/mol. The van der Waals surface area contributed by atoms with E-state index in [1.54, 1.807) is 36.7 Å². The van der Waals surface area contributed by atoms with Crippen molar-refractivity contribution in [2.75, 3.05) is 31.1 Å². The molecule has 5 aromatic rings. The number of carbonyl (C=O) groups is 1. The van der Waals surface area contributed by atoms with E-state index in [0.717, 1.165) is 66.8 Å². The molecule has 0 saturated carbocycles. The zero-order chi connectivity index (χ0) is 29.3. The van der Waals surface area contributed by atoms with Gasteiger partial charge in [-0.15, -0.1) is 0 Å². The Kier molecular flexibility index (Phi) is 7.30. The normalized spacial score (nSPS) is 14.3. The van der Waals surface area contributed by atoms with Crippen molar-refractivity contribution in [3.8, 4) is 22.3 Å². The molecule has 0 aliphatic carbocycles. The fourth-order valence-electron chi connectivity index (χ4n) is 5.35. The fourth-order valence-corrected chi connectivity index (χ4v) is 5.35. The molecule has 42 heavy (non-hydrogen) atoms. The maximum absolute atomic E-state index is 13.8. The van der Waals surface area contributed by atoms with E-state index in [-0.39, 0.29) is 16.7 Å². The Hall–Kier alpha value is -4.83. The molecule has 7 nitrogen and oxygen atoms in total. The van der Waals surface area contributed by atoms with Gasteiger partial charge >= 0.3 is 6.18 Å². The van der Waals surface area contributed by atoms with Crippen LogP contribution >= 0.6 is 0 Å².